The lowest BCUT2D eigenvalue weighted by atomic mass is 10.2. The van der Waals surface area contributed by atoms with Crippen LogP contribution in [0.15, 0.2) is 24.3 Å². The summed E-state index contributed by atoms with van der Waals surface area (Å²) in [4.78, 5) is 2.16. The molecule has 0 fully saturated rings. The van der Waals surface area contributed by atoms with Crippen molar-refractivity contribution in [2.45, 2.75) is 6.54 Å². The number of ether oxygens (including phenoxy) is 3. The molecule has 0 amide bonds. The van der Waals surface area contributed by atoms with Gasteiger partial charge < -0.3 is 24.8 Å². The number of methoxy groups -OCH3 is 1. The fraction of sp³-hybridized carbons (Fsp3) is 0.600. The molecule has 0 aliphatic carbocycles. The molecule has 0 saturated carbocycles. The first-order valence-corrected chi connectivity index (χ1v) is 6.92. The topological polar surface area (TPSA) is 57.0 Å². The summed E-state index contributed by atoms with van der Waals surface area (Å²) < 4.78 is 15.7. The molecule has 0 aliphatic heterocycles. The molecule has 1 aromatic carbocycles. The summed E-state index contributed by atoms with van der Waals surface area (Å²) in [5.74, 6) is 0. The van der Waals surface area contributed by atoms with Crippen LogP contribution >= 0.6 is 0 Å². The number of likely N-dealkylation sites (N-methyl/N-ethyl adjacent to an activating group) is 1. The summed E-state index contributed by atoms with van der Waals surface area (Å²) in [5, 5.41) is 0. The van der Waals surface area contributed by atoms with Crippen LogP contribution in [0.5, 0.6) is 0 Å². The average molecular weight is 282 g/mol. The van der Waals surface area contributed by atoms with Crippen molar-refractivity contribution in [1.82, 2.24) is 0 Å². The van der Waals surface area contributed by atoms with Crippen LogP contribution in [0.2, 0.25) is 0 Å². The Hall–Kier alpha value is -1.14. The highest BCUT2D eigenvalue weighted by molar-refractivity contribution is 5.46. The minimum Gasteiger partial charge on any atom is -0.382 e. The Bertz CT molecular complexity index is 343. The number of rotatable bonds is 11. The Kier molecular flexibility index (Phi) is 8.98. The summed E-state index contributed by atoms with van der Waals surface area (Å²) in [6.45, 7) is 4.58. The van der Waals surface area contributed by atoms with Crippen LogP contribution in [0.25, 0.3) is 0 Å². The third-order valence-electron chi connectivity index (χ3n) is 2.99. The summed E-state index contributed by atoms with van der Waals surface area (Å²) in [5.41, 5.74) is 7.89. The molecule has 20 heavy (non-hydrogen) atoms. The van der Waals surface area contributed by atoms with Crippen LogP contribution in [-0.2, 0) is 20.8 Å². The van der Waals surface area contributed by atoms with Gasteiger partial charge in [0.15, 0.2) is 0 Å². The molecule has 0 aliphatic rings. The van der Waals surface area contributed by atoms with Crippen molar-refractivity contribution in [3.05, 3.63) is 29.8 Å². The van der Waals surface area contributed by atoms with Gasteiger partial charge in [0, 0.05) is 32.9 Å². The van der Waals surface area contributed by atoms with Crippen molar-refractivity contribution in [1.29, 1.82) is 0 Å². The largest absolute Gasteiger partial charge is 0.382 e. The zero-order valence-corrected chi connectivity index (χ0v) is 12.5. The fourth-order valence-corrected chi connectivity index (χ4v) is 1.68. The van der Waals surface area contributed by atoms with E-state index in [1.165, 1.54) is 5.69 Å². The molecule has 114 valence electrons. The highest BCUT2D eigenvalue weighted by Crippen LogP contribution is 2.13. The van der Waals surface area contributed by atoms with Gasteiger partial charge in [0.2, 0.25) is 0 Å². The third-order valence-corrected chi connectivity index (χ3v) is 2.99. The van der Waals surface area contributed by atoms with Gasteiger partial charge in [0.05, 0.1) is 33.0 Å². The van der Waals surface area contributed by atoms with E-state index < -0.39 is 0 Å². The van der Waals surface area contributed by atoms with Crippen LogP contribution in [0.1, 0.15) is 5.56 Å². The van der Waals surface area contributed by atoms with Gasteiger partial charge in [0.1, 0.15) is 0 Å². The summed E-state index contributed by atoms with van der Waals surface area (Å²) in [7, 11) is 3.71. The second-order valence-electron chi connectivity index (χ2n) is 4.51. The van der Waals surface area contributed by atoms with Crippen LogP contribution in [0, 0.1) is 0 Å². The molecular formula is C15H26N2O3. The monoisotopic (exact) mass is 282 g/mol. The fourth-order valence-electron chi connectivity index (χ4n) is 1.68. The summed E-state index contributed by atoms with van der Waals surface area (Å²) in [6, 6.07) is 8.26. The van der Waals surface area contributed by atoms with Crippen molar-refractivity contribution in [2.24, 2.45) is 5.73 Å². The number of benzene rings is 1. The van der Waals surface area contributed by atoms with Gasteiger partial charge in [-0.05, 0) is 17.7 Å². The molecule has 0 bridgehead atoms. The van der Waals surface area contributed by atoms with E-state index in [0.29, 0.717) is 39.6 Å². The van der Waals surface area contributed by atoms with Gasteiger partial charge in [-0.2, -0.15) is 0 Å². The van der Waals surface area contributed by atoms with Gasteiger partial charge in [-0.15, -0.1) is 0 Å². The average Bonchev–Trinajstić information content (AvgIpc) is 2.50. The Morgan fingerprint density at radius 2 is 1.55 bits per heavy atom. The molecule has 1 aromatic rings. The normalized spacial score (nSPS) is 10.8. The molecular weight excluding hydrogens is 256 g/mol. The first kappa shape index (κ1) is 16.9. The summed E-state index contributed by atoms with van der Waals surface area (Å²) >= 11 is 0. The highest BCUT2D eigenvalue weighted by atomic mass is 16.5. The lowest BCUT2D eigenvalue weighted by Crippen LogP contribution is -2.23. The Morgan fingerprint density at radius 1 is 0.950 bits per heavy atom. The van der Waals surface area contributed by atoms with E-state index in [-0.39, 0.29) is 0 Å². The van der Waals surface area contributed by atoms with Crippen molar-refractivity contribution in [2.75, 3.05) is 58.6 Å². The zero-order chi connectivity index (χ0) is 14.6. The number of anilines is 1. The molecule has 0 spiro atoms. The maximum absolute atomic E-state index is 5.58. The van der Waals surface area contributed by atoms with E-state index in [1.807, 2.05) is 0 Å². The van der Waals surface area contributed by atoms with Crippen molar-refractivity contribution < 1.29 is 14.2 Å². The second kappa shape index (κ2) is 10.6. The van der Waals surface area contributed by atoms with Gasteiger partial charge >= 0.3 is 0 Å². The van der Waals surface area contributed by atoms with E-state index in [0.717, 1.165) is 12.1 Å². The van der Waals surface area contributed by atoms with Crippen molar-refractivity contribution in [3.63, 3.8) is 0 Å². The zero-order valence-electron chi connectivity index (χ0n) is 12.5. The molecule has 0 unspecified atom stereocenters. The van der Waals surface area contributed by atoms with Crippen molar-refractivity contribution in [3.8, 4) is 0 Å². The summed E-state index contributed by atoms with van der Waals surface area (Å²) in [6.07, 6.45) is 0. The molecule has 0 radical (unpaired) electrons. The Balaban J connectivity index is 2.08. The second-order valence-corrected chi connectivity index (χ2v) is 4.51. The van der Waals surface area contributed by atoms with Gasteiger partial charge in [-0.25, -0.2) is 0 Å². The van der Waals surface area contributed by atoms with Crippen LogP contribution in [-0.4, -0.2) is 53.7 Å². The number of hydrogen-bond donors (Lipinski definition) is 1. The SMILES string of the molecule is COCCOCCOCCN(C)c1ccc(CN)cc1. The lowest BCUT2D eigenvalue weighted by Gasteiger charge is -2.19. The third kappa shape index (κ3) is 6.86. The maximum Gasteiger partial charge on any atom is 0.0701 e. The molecule has 5 nitrogen and oxygen atoms in total. The quantitative estimate of drug-likeness (QED) is 0.619. The molecule has 5 heteroatoms. The minimum atomic E-state index is 0.580. The number of hydrogen-bond acceptors (Lipinski definition) is 5. The Labute approximate surface area is 121 Å². The van der Waals surface area contributed by atoms with E-state index in [1.54, 1.807) is 7.11 Å². The van der Waals surface area contributed by atoms with Crippen LogP contribution in [0.4, 0.5) is 5.69 Å². The minimum absolute atomic E-state index is 0.580. The van der Waals surface area contributed by atoms with Crippen LogP contribution in [0.3, 0.4) is 0 Å². The highest BCUT2D eigenvalue weighted by Gasteiger charge is 2.00. The molecule has 0 saturated heterocycles. The van der Waals surface area contributed by atoms with E-state index >= 15 is 0 Å². The lowest BCUT2D eigenvalue weighted by molar-refractivity contribution is 0.0266. The van der Waals surface area contributed by atoms with E-state index in [2.05, 4.69) is 36.2 Å². The van der Waals surface area contributed by atoms with E-state index in [9.17, 15) is 0 Å². The maximum atomic E-state index is 5.58. The Morgan fingerprint density at radius 3 is 2.15 bits per heavy atom. The predicted octanol–water partition coefficient (Wildman–Crippen LogP) is 1.26. The van der Waals surface area contributed by atoms with Gasteiger partial charge in [-0.3, -0.25) is 0 Å². The van der Waals surface area contributed by atoms with Gasteiger partial charge in [0.25, 0.3) is 0 Å². The van der Waals surface area contributed by atoms with Crippen molar-refractivity contribution >= 4 is 5.69 Å². The number of nitrogens with zero attached hydrogens (tertiary/aromatic N) is 1. The smallest absolute Gasteiger partial charge is 0.0701 e. The van der Waals surface area contributed by atoms with Crippen LogP contribution < -0.4 is 10.6 Å². The standard InChI is InChI=1S/C15H26N2O3/c1-17(15-5-3-14(13-16)4-6-15)7-8-19-11-12-20-10-9-18-2/h3-6H,7-13,16H2,1-2H3. The molecule has 2 N–H and O–H groups in total. The predicted molar refractivity (Wildman–Crippen MR) is 81.1 cm³/mol. The first-order chi connectivity index (χ1) is 9.77. The molecule has 0 atom stereocenters. The molecule has 0 aromatic heterocycles. The number of nitrogens with two attached hydrogens (primary N) is 1. The van der Waals surface area contributed by atoms with Gasteiger partial charge in [-0.1, -0.05) is 12.1 Å². The van der Waals surface area contributed by atoms with E-state index in [4.69, 9.17) is 19.9 Å². The first-order valence-electron chi connectivity index (χ1n) is 6.92. The molecule has 1 rings (SSSR count). The molecule has 0 heterocycles.